The van der Waals surface area contributed by atoms with Crippen LogP contribution in [-0.4, -0.2) is 12.0 Å². The molecule has 0 aromatic carbocycles. The minimum Gasteiger partial charge on any atom is -0.299 e. The van der Waals surface area contributed by atoms with Crippen LogP contribution in [0.2, 0.25) is 0 Å². The van der Waals surface area contributed by atoms with Crippen molar-refractivity contribution >= 4 is 5.78 Å². The van der Waals surface area contributed by atoms with Gasteiger partial charge in [0.2, 0.25) is 0 Å². The summed E-state index contributed by atoms with van der Waals surface area (Å²) < 4.78 is 36.9. The lowest BCUT2D eigenvalue weighted by atomic mass is 9.68. The molecule has 1 rings (SSSR count). The van der Waals surface area contributed by atoms with Gasteiger partial charge >= 0.3 is 6.18 Å². The number of hydrogen-bond acceptors (Lipinski definition) is 1. The Bertz CT molecular complexity index is 262. The van der Waals surface area contributed by atoms with E-state index in [-0.39, 0.29) is 17.1 Å². The van der Waals surface area contributed by atoms with Crippen LogP contribution in [0.25, 0.3) is 0 Å². The molecule has 1 saturated carbocycles. The number of carbonyl (C=O) groups excluding carboxylic acids is 1. The first kappa shape index (κ1) is 13.5. The fourth-order valence-electron chi connectivity index (χ4n) is 2.38. The number of Topliss-reactive ketones (excluding diaryl/α,β-unsaturated/α-hetero) is 1. The third-order valence-electron chi connectivity index (χ3n) is 3.47. The second-order valence-electron chi connectivity index (χ2n) is 5.82. The molecule has 0 amide bonds. The molecule has 0 saturated heterocycles. The first-order valence-corrected chi connectivity index (χ1v) is 5.69. The standard InChI is InChI=1S/C12H19F3O/c1-11(2,3)9-4-5-10(16)8(6-9)7-12(13,14)15/h8-9H,4-7H2,1-3H3. The van der Waals surface area contributed by atoms with E-state index < -0.39 is 18.5 Å². The maximum atomic E-state index is 12.3. The summed E-state index contributed by atoms with van der Waals surface area (Å²) in [5.74, 6) is -0.798. The summed E-state index contributed by atoms with van der Waals surface area (Å²) in [5, 5.41) is 0. The van der Waals surface area contributed by atoms with Gasteiger partial charge < -0.3 is 0 Å². The zero-order chi connectivity index (χ0) is 12.6. The summed E-state index contributed by atoms with van der Waals surface area (Å²) in [4.78, 5) is 11.4. The molecule has 0 N–H and O–H groups in total. The molecule has 0 heterocycles. The molecule has 0 aromatic rings. The van der Waals surface area contributed by atoms with Gasteiger partial charge in [0.15, 0.2) is 0 Å². The molecule has 94 valence electrons. The molecular formula is C12H19F3O. The molecule has 2 unspecified atom stereocenters. The van der Waals surface area contributed by atoms with Crippen LogP contribution >= 0.6 is 0 Å². The van der Waals surface area contributed by atoms with E-state index >= 15 is 0 Å². The summed E-state index contributed by atoms with van der Waals surface area (Å²) in [6.07, 6.45) is -3.74. The lowest BCUT2D eigenvalue weighted by Gasteiger charge is -2.37. The molecule has 0 aliphatic heterocycles. The summed E-state index contributed by atoms with van der Waals surface area (Å²) in [7, 11) is 0. The lowest BCUT2D eigenvalue weighted by molar-refractivity contribution is -0.157. The first-order chi connectivity index (χ1) is 7.09. The van der Waals surface area contributed by atoms with Crippen molar-refractivity contribution in [3.63, 3.8) is 0 Å². The maximum Gasteiger partial charge on any atom is 0.389 e. The highest BCUT2D eigenvalue weighted by molar-refractivity contribution is 5.81. The van der Waals surface area contributed by atoms with Crippen molar-refractivity contribution in [2.24, 2.45) is 17.3 Å². The number of ketones is 1. The van der Waals surface area contributed by atoms with Crippen LogP contribution in [0.5, 0.6) is 0 Å². The number of halogens is 3. The Balaban J connectivity index is 2.66. The van der Waals surface area contributed by atoms with Crippen molar-refractivity contribution in [1.82, 2.24) is 0 Å². The fourth-order valence-corrected chi connectivity index (χ4v) is 2.38. The highest BCUT2D eigenvalue weighted by atomic mass is 19.4. The van der Waals surface area contributed by atoms with E-state index in [1.807, 2.05) is 20.8 Å². The molecule has 1 nitrogen and oxygen atoms in total. The third-order valence-corrected chi connectivity index (χ3v) is 3.47. The molecule has 0 radical (unpaired) electrons. The first-order valence-electron chi connectivity index (χ1n) is 5.69. The van der Waals surface area contributed by atoms with Gasteiger partial charge in [-0.2, -0.15) is 13.2 Å². The smallest absolute Gasteiger partial charge is 0.299 e. The minimum absolute atomic E-state index is 0.00938. The SMILES string of the molecule is CC(C)(C)C1CCC(=O)C(CC(F)(F)F)C1. The second kappa shape index (κ2) is 4.38. The summed E-state index contributed by atoms with van der Waals surface area (Å²) in [6.45, 7) is 6.08. The van der Waals surface area contributed by atoms with E-state index in [0.717, 1.165) is 6.42 Å². The van der Waals surface area contributed by atoms with Crippen LogP contribution in [0.15, 0.2) is 0 Å². The van der Waals surface area contributed by atoms with Gasteiger partial charge in [0.05, 0.1) is 6.42 Å². The van der Waals surface area contributed by atoms with Crippen molar-refractivity contribution in [3.05, 3.63) is 0 Å². The summed E-state index contributed by atoms with van der Waals surface area (Å²) >= 11 is 0. The molecule has 0 aromatic heterocycles. The maximum absolute atomic E-state index is 12.3. The minimum atomic E-state index is -4.22. The van der Waals surface area contributed by atoms with Gasteiger partial charge in [0.25, 0.3) is 0 Å². The van der Waals surface area contributed by atoms with Crippen LogP contribution in [-0.2, 0) is 4.79 Å². The van der Waals surface area contributed by atoms with Crippen molar-refractivity contribution in [2.75, 3.05) is 0 Å². The largest absolute Gasteiger partial charge is 0.389 e. The second-order valence-corrected chi connectivity index (χ2v) is 5.82. The molecule has 0 spiro atoms. The van der Waals surface area contributed by atoms with Crippen molar-refractivity contribution in [1.29, 1.82) is 0 Å². The average Bonchev–Trinajstić information content (AvgIpc) is 2.04. The Labute approximate surface area is 94.4 Å². The van der Waals surface area contributed by atoms with E-state index in [1.165, 1.54) is 0 Å². The Morgan fingerprint density at radius 2 is 1.81 bits per heavy atom. The summed E-state index contributed by atoms with van der Waals surface area (Å²) in [6, 6.07) is 0. The molecule has 0 bridgehead atoms. The van der Waals surface area contributed by atoms with E-state index in [4.69, 9.17) is 0 Å². The Hall–Kier alpha value is -0.540. The highest BCUT2D eigenvalue weighted by Crippen LogP contribution is 2.42. The molecule has 1 aliphatic rings. The predicted molar refractivity (Wildman–Crippen MR) is 56.0 cm³/mol. The lowest BCUT2D eigenvalue weighted by Crippen LogP contribution is -2.34. The monoisotopic (exact) mass is 236 g/mol. The van der Waals surface area contributed by atoms with Gasteiger partial charge in [-0.25, -0.2) is 0 Å². The van der Waals surface area contributed by atoms with E-state index in [0.29, 0.717) is 12.8 Å². The van der Waals surface area contributed by atoms with E-state index in [1.54, 1.807) is 0 Å². The van der Waals surface area contributed by atoms with Gasteiger partial charge in [-0.3, -0.25) is 4.79 Å². The van der Waals surface area contributed by atoms with Crippen molar-refractivity contribution in [3.8, 4) is 0 Å². The van der Waals surface area contributed by atoms with Crippen LogP contribution in [0.3, 0.4) is 0 Å². The predicted octanol–water partition coefficient (Wildman–Crippen LogP) is 3.97. The zero-order valence-corrected chi connectivity index (χ0v) is 10.0. The Morgan fingerprint density at radius 3 is 2.25 bits per heavy atom. The van der Waals surface area contributed by atoms with Crippen molar-refractivity contribution < 1.29 is 18.0 Å². The van der Waals surface area contributed by atoms with Gasteiger partial charge in [-0.1, -0.05) is 20.8 Å². The fraction of sp³-hybridized carbons (Fsp3) is 0.917. The molecule has 16 heavy (non-hydrogen) atoms. The number of rotatable bonds is 1. The van der Waals surface area contributed by atoms with Gasteiger partial charge in [-0.05, 0) is 24.2 Å². The van der Waals surface area contributed by atoms with Gasteiger partial charge in [0.1, 0.15) is 5.78 Å². The van der Waals surface area contributed by atoms with Crippen LogP contribution in [0.1, 0.15) is 46.5 Å². The number of hydrogen-bond donors (Lipinski definition) is 0. The summed E-state index contributed by atoms with van der Waals surface area (Å²) in [5.41, 5.74) is -0.00938. The van der Waals surface area contributed by atoms with Gasteiger partial charge in [-0.15, -0.1) is 0 Å². The van der Waals surface area contributed by atoms with Crippen LogP contribution < -0.4 is 0 Å². The third kappa shape index (κ3) is 3.80. The van der Waals surface area contributed by atoms with E-state index in [2.05, 4.69) is 0 Å². The quantitative estimate of drug-likeness (QED) is 0.673. The topological polar surface area (TPSA) is 17.1 Å². The number of alkyl halides is 3. The Kier molecular flexibility index (Phi) is 3.70. The Morgan fingerprint density at radius 1 is 1.25 bits per heavy atom. The van der Waals surface area contributed by atoms with Crippen LogP contribution in [0, 0.1) is 17.3 Å². The number of carbonyl (C=O) groups is 1. The normalized spacial score (nSPS) is 28.2. The molecule has 4 heteroatoms. The average molecular weight is 236 g/mol. The molecular weight excluding hydrogens is 217 g/mol. The van der Waals surface area contributed by atoms with Gasteiger partial charge in [0, 0.05) is 12.3 Å². The van der Waals surface area contributed by atoms with Crippen LogP contribution in [0.4, 0.5) is 13.2 Å². The van der Waals surface area contributed by atoms with E-state index in [9.17, 15) is 18.0 Å². The molecule has 2 atom stereocenters. The van der Waals surface area contributed by atoms with Crippen molar-refractivity contribution in [2.45, 2.75) is 52.6 Å². The molecule has 1 aliphatic carbocycles. The highest BCUT2D eigenvalue weighted by Gasteiger charge is 2.40. The molecule has 1 fully saturated rings. The zero-order valence-electron chi connectivity index (χ0n) is 10.0.